The Morgan fingerprint density at radius 2 is 1.74 bits per heavy atom. The fourth-order valence-electron chi connectivity index (χ4n) is 2.52. The number of aromatic nitrogens is 2. The summed E-state index contributed by atoms with van der Waals surface area (Å²) < 4.78 is 1.93. The van der Waals surface area contributed by atoms with E-state index in [1.165, 1.54) is 19.0 Å². The third-order valence-corrected chi connectivity index (χ3v) is 3.98. The van der Waals surface area contributed by atoms with Crippen molar-refractivity contribution in [3.8, 4) is 0 Å². The van der Waals surface area contributed by atoms with Crippen LogP contribution in [-0.2, 0) is 18.4 Å². The van der Waals surface area contributed by atoms with Gasteiger partial charge in [-0.1, -0.05) is 0 Å². The number of nitrogens with two attached hydrogens (primary N) is 1. The molecule has 0 radical (unpaired) electrons. The topological polar surface area (TPSA) is 131 Å². The van der Waals surface area contributed by atoms with E-state index in [4.69, 9.17) is 5.73 Å². The molecule has 0 unspecified atom stereocenters. The second-order valence-corrected chi connectivity index (χ2v) is 6.07. The SMILES string of the molecule is CNC(=O)c1ccc(NC(=O)Cn2c(=O)c(N(C)C)c(N)n(C)c2=O)cc1. The monoisotopic (exact) mass is 374 g/mol. The van der Waals surface area contributed by atoms with Crippen LogP contribution in [0.1, 0.15) is 10.4 Å². The maximum atomic E-state index is 12.5. The quantitative estimate of drug-likeness (QED) is 0.627. The van der Waals surface area contributed by atoms with Crippen molar-refractivity contribution in [2.75, 3.05) is 37.1 Å². The van der Waals surface area contributed by atoms with Gasteiger partial charge in [0.25, 0.3) is 11.5 Å². The van der Waals surface area contributed by atoms with Crippen LogP contribution in [0.5, 0.6) is 0 Å². The standard InChI is InChI=1S/C17H22N6O4/c1-19-15(25)10-5-7-11(8-6-10)20-12(24)9-23-16(26)13(21(2)3)14(18)22(4)17(23)27/h5-8H,9,18H2,1-4H3,(H,19,25)(H,20,24). The second-order valence-electron chi connectivity index (χ2n) is 6.07. The molecule has 0 fully saturated rings. The molecule has 27 heavy (non-hydrogen) atoms. The summed E-state index contributed by atoms with van der Waals surface area (Å²) in [6.07, 6.45) is 0. The van der Waals surface area contributed by atoms with Gasteiger partial charge in [0.2, 0.25) is 5.91 Å². The Balaban J connectivity index is 2.27. The molecule has 2 rings (SSSR count). The number of nitrogens with zero attached hydrogens (tertiary/aromatic N) is 3. The van der Waals surface area contributed by atoms with Crippen LogP contribution in [0, 0.1) is 0 Å². The number of nitrogen functional groups attached to an aromatic ring is 1. The molecule has 1 aromatic heterocycles. The molecular weight excluding hydrogens is 352 g/mol. The molecule has 0 aliphatic carbocycles. The maximum Gasteiger partial charge on any atom is 0.332 e. The van der Waals surface area contributed by atoms with Gasteiger partial charge in [0.05, 0.1) is 0 Å². The minimum Gasteiger partial charge on any atom is -0.383 e. The van der Waals surface area contributed by atoms with Crippen molar-refractivity contribution in [1.82, 2.24) is 14.5 Å². The highest BCUT2D eigenvalue weighted by atomic mass is 16.2. The molecule has 144 valence electrons. The Labute approximate surface area is 155 Å². The van der Waals surface area contributed by atoms with Crippen LogP contribution in [0.15, 0.2) is 33.9 Å². The highest BCUT2D eigenvalue weighted by Crippen LogP contribution is 2.13. The molecule has 0 atom stereocenters. The summed E-state index contributed by atoms with van der Waals surface area (Å²) in [6, 6.07) is 6.20. The number of nitrogens with one attached hydrogen (secondary N) is 2. The smallest absolute Gasteiger partial charge is 0.332 e. The molecule has 0 aliphatic rings. The molecular formula is C17H22N6O4. The molecule has 1 heterocycles. The van der Waals surface area contributed by atoms with E-state index in [-0.39, 0.29) is 17.4 Å². The molecule has 2 aromatic rings. The van der Waals surface area contributed by atoms with E-state index in [1.807, 2.05) is 0 Å². The van der Waals surface area contributed by atoms with Gasteiger partial charge < -0.3 is 21.3 Å². The van der Waals surface area contributed by atoms with Crippen molar-refractivity contribution in [3.05, 3.63) is 50.7 Å². The van der Waals surface area contributed by atoms with Gasteiger partial charge in [-0.25, -0.2) is 9.36 Å². The van der Waals surface area contributed by atoms with Crippen molar-refractivity contribution >= 4 is 29.0 Å². The first-order valence-corrected chi connectivity index (χ1v) is 8.06. The van der Waals surface area contributed by atoms with Gasteiger partial charge >= 0.3 is 5.69 Å². The Kier molecular flexibility index (Phi) is 5.69. The van der Waals surface area contributed by atoms with E-state index < -0.39 is 23.7 Å². The van der Waals surface area contributed by atoms with E-state index in [1.54, 1.807) is 38.4 Å². The van der Waals surface area contributed by atoms with E-state index in [9.17, 15) is 19.2 Å². The molecule has 10 heteroatoms. The predicted octanol–water partition coefficient (Wildman–Crippen LogP) is -0.806. The summed E-state index contributed by atoms with van der Waals surface area (Å²) in [7, 11) is 6.19. The fraction of sp³-hybridized carbons (Fsp3) is 0.294. The number of carbonyl (C=O) groups excluding carboxylic acids is 2. The average molecular weight is 374 g/mol. The molecule has 2 amide bonds. The summed E-state index contributed by atoms with van der Waals surface area (Å²) in [5.41, 5.74) is 5.49. The van der Waals surface area contributed by atoms with Gasteiger partial charge in [-0.3, -0.25) is 19.0 Å². The van der Waals surface area contributed by atoms with Crippen LogP contribution in [0.3, 0.4) is 0 Å². The number of anilines is 3. The zero-order valence-corrected chi connectivity index (χ0v) is 15.6. The van der Waals surface area contributed by atoms with Crippen molar-refractivity contribution in [3.63, 3.8) is 0 Å². The van der Waals surface area contributed by atoms with Crippen LogP contribution in [0.2, 0.25) is 0 Å². The highest BCUT2D eigenvalue weighted by molar-refractivity contribution is 5.95. The molecule has 0 saturated heterocycles. The Hall–Kier alpha value is -3.56. The summed E-state index contributed by atoms with van der Waals surface area (Å²) in [6.45, 7) is -0.468. The molecule has 4 N–H and O–H groups in total. The number of amides is 2. The number of carbonyl (C=O) groups is 2. The molecule has 0 aliphatic heterocycles. The summed E-state index contributed by atoms with van der Waals surface area (Å²) >= 11 is 0. The van der Waals surface area contributed by atoms with E-state index in [2.05, 4.69) is 10.6 Å². The van der Waals surface area contributed by atoms with Crippen LogP contribution in [-0.4, -0.2) is 42.1 Å². The minimum atomic E-state index is -0.687. The van der Waals surface area contributed by atoms with E-state index in [0.717, 1.165) is 9.13 Å². The predicted molar refractivity (Wildman–Crippen MR) is 103 cm³/mol. The lowest BCUT2D eigenvalue weighted by Crippen LogP contribution is -2.44. The van der Waals surface area contributed by atoms with Gasteiger partial charge in [0, 0.05) is 39.4 Å². The highest BCUT2D eigenvalue weighted by Gasteiger charge is 2.18. The van der Waals surface area contributed by atoms with Gasteiger partial charge in [-0.15, -0.1) is 0 Å². The lowest BCUT2D eigenvalue weighted by molar-refractivity contribution is -0.116. The number of benzene rings is 1. The van der Waals surface area contributed by atoms with Gasteiger partial charge in [-0.2, -0.15) is 0 Å². The fourth-order valence-corrected chi connectivity index (χ4v) is 2.52. The van der Waals surface area contributed by atoms with E-state index >= 15 is 0 Å². The first kappa shape index (κ1) is 19.8. The molecule has 0 spiro atoms. The summed E-state index contributed by atoms with van der Waals surface area (Å²) in [5, 5.41) is 5.08. The first-order chi connectivity index (χ1) is 12.7. The van der Waals surface area contributed by atoms with Crippen LogP contribution < -0.4 is 32.5 Å². The molecule has 1 aromatic carbocycles. The van der Waals surface area contributed by atoms with Crippen LogP contribution >= 0.6 is 0 Å². The van der Waals surface area contributed by atoms with E-state index in [0.29, 0.717) is 11.3 Å². The largest absolute Gasteiger partial charge is 0.383 e. The Morgan fingerprint density at radius 1 is 1.15 bits per heavy atom. The molecule has 0 bridgehead atoms. The first-order valence-electron chi connectivity index (χ1n) is 8.06. The summed E-state index contributed by atoms with van der Waals surface area (Å²) in [4.78, 5) is 50.2. The van der Waals surface area contributed by atoms with Gasteiger partial charge in [-0.05, 0) is 24.3 Å². The second kappa shape index (κ2) is 7.77. The lowest BCUT2D eigenvalue weighted by atomic mass is 10.2. The zero-order valence-electron chi connectivity index (χ0n) is 15.6. The van der Waals surface area contributed by atoms with Crippen LogP contribution in [0.25, 0.3) is 0 Å². The molecule has 0 saturated carbocycles. The summed E-state index contributed by atoms with van der Waals surface area (Å²) in [5.74, 6) is -0.783. The Morgan fingerprint density at radius 3 is 2.26 bits per heavy atom. The van der Waals surface area contributed by atoms with Crippen molar-refractivity contribution < 1.29 is 9.59 Å². The number of hydrogen-bond acceptors (Lipinski definition) is 6. The number of hydrogen-bond donors (Lipinski definition) is 3. The third kappa shape index (κ3) is 4.00. The zero-order chi connectivity index (χ0) is 20.3. The number of rotatable bonds is 5. The average Bonchev–Trinajstić information content (AvgIpc) is 2.63. The van der Waals surface area contributed by atoms with Crippen LogP contribution in [0.4, 0.5) is 17.2 Å². The van der Waals surface area contributed by atoms with Gasteiger partial charge in [0.15, 0.2) is 0 Å². The lowest BCUT2D eigenvalue weighted by Gasteiger charge is -2.18. The van der Waals surface area contributed by atoms with Crippen molar-refractivity contribution in [1.29, 1.82) is 0 Å². The van der Waals surface area contributed by atoms with Gasteiger partial charge in [0.1, 0.15) is 18.1 Å². The van der Waals surface area contributed by atoms with Crippen molar-refractivity contribution in [2.45, 2.75) is 6.54 Å². The minimum absolute atomic E-state index is 0.0245. The maximum absolute atomic E-state index is 12.5. The normalized spacial score (nSPS) is 10.4. The van der Waals surface area contributed by atoms with Crippen molar-refractivity contribution in [2.24, 2.45) is 7.05 Å². The third-order valence-electron chi connectivity index (χ3n) is 3.98. The molecule has 10 nitrogen and oxygen atoms in total. The Bertz CT molecular complexity index is 988.